The Morgan fingerprint density at radius 1 is 1.43 bits per heavy atom. The molecule has 2 N–H and O–H groups in total. The molecule has 118 valence electrons. The van der Waals surface area contributed by atoms with Gasteiger partial charge in [0.2, 0.25) is 5.88 Å². The average Bonchev–Trinajstić information content (AvgIpc) is 2.47. The summed E-state index contributed by atoms with van der Waals surface area (Å²) in [6.07, 6.45) is 1.72. The van der Waals surface area contributed by atoms with Crippen molar-refractivity contribution in [1.29, 1.82) is 0 Å². The molecule has 0 aliphatic heterocycles. The second kappa shape index (κ2) is 9.99. The van der Waals surface area contributed by atoms with E-state index in [1.807, 2.05) is 32.9 Å². The lowest BCUT2D eigenvalue weighted by atomic mass is 10.3. The summed E-state index contributed by atoms with van der Waals surface area (Å²) in [7, 11) is 1.69. The van der Waals surface area contributed by atoms with Gasteiger partial charge in [-0.25, -0.2) is 9.98 Å². The Balaban J connectivity index is 2.73. The van der Waals surface area contributed by atoms with E-state index in [1.165, 1.54) is 0 Å². The van der Waals surface area contributed by atoms with Crippen LogP contribution in [0.25, 0.3) is 0 Å². The van der Waals surface area contributed by atoms with E-state index in [2.05, 4.69) is 20.6 Å². The Labute approximate surface area is 127 Å². The highest BCUT2D eigenvalue weighted by Gasteiger charge is 2.06. The fourth-order valence-corrected chi connectivity index (χ4v) is 1.82. The molecule has 0 aliphatic carbocycles. The van der Waals surface area contributed by atoms with Crippen LogP contribution in [-0.2, 0) is 11.3 Å². The number of aliphatic imine (C=N–C) groups is 1. The average molecular weight is 294 g/mol. The van der Waals surface area contributed by atoms with Crippen LogP contribution in [0.15, 0.2) is 23.3 Å². The first-order valence-corrected chi connectivity index (χ1v) is 7.31. The van der Waals surface area contributed by atoms with E-state index in [9.17, 15) is 0 Å². The van der Waals surface area contributed by atoms with Crippen LogP contribution in [0.5, 0.6) is 5.88 Å². The van der Waals surface area contributed by atoms with Crippen molar-refractivity contribution >= 4 is 5.96 Å². The number of hydrogen-bond donors (Lipinski definition) is 2. The highest BCUT2D eigenvalue weighted by atomic mass is 16.5. The van der Waals surface area contributed by atoms with Gasteiger partial charge in [0.1, 0.15) is 0 Å². The number of hydrogen-bond acceptors (Lipinski definition) is 4. The summed E-state index contributed by atoms with van der Waals surface area (Å²) in [6, 6.07) is 4.05. The quantitative estimate of drug-likeness (QED) is 0.563. The molecule has 1 aromatic heterocycles. The second-order valence-electron chi connectivity index (χ2n) is 4.60. The van der Waals surface area contributed by atoms with Gasteiger partial charge in [-0.1, -0.05) is 6.07 Å². The molecule has 0 spiro atoms. The fourth-order valence-electron chi connectivity index (χ4n) is 1.82. The molecule has 0 fully saturated rings. The normalized spacial score (nSPS) is 12.9. The standard InChI is InChI=1S/C15H26N4O2/c1-5-16-15(19-12(3)11-20-4)18-10-13-8-7-9-17-14(13)21-6-2/h7-9,12H,5-6,10-11H2,1-4H3,(H2,16,18,19). The largest absolute Gasteiger partial charge is 0.478 e. The molecule has 0 aliphatic rings. The summed E-state index contributed by atoms with van der Waals surface area (Å²) in [5.74, 6) is 1.40. The van der Waals surface area contributed by atoms with Crippen LogP contribution in [0.4, 0.5) is 0 Å². The minimum Gasteiger partial charge on any atom is -0.478 e. The Hall–Kier alpha value is -1.82. The molecule has 6 nitrogen and oxygen atoms in total. The van der Waals surface area contributed by atoms with Gasteiger partial charge < -0.3 is 20.1 Å². The lowest BCUT2D eigenvalue weighted by Gasteiger charge is -2.17. The van der Waals surface area contributed by atoms with Gasteiger partial charge in [0, 0.05) is 31.5 Å². The Morgan fingerprint density at radius 2 is 2.24 bits per heavy atom. The van der Waals surface area contributed by atoms with Crippen molar-refractivity contribution in [3.05, 3.63) is 23.9 Å². The fraction of sp³-hybridized carbons (Fsp3) is 0.600. The predicted molar refractivity (Wildman–Crippen MR) is 84.7 cm³/mol. The topological polar surface area (TPSA) is 67.8 Å². The molecule has 0 saturated carbocycles. The van der Waals surface area contributed by atoms with Crippen LogP contribution in [0.3, 0.4) is 0 Å². The molecule has 1 rings (SSSR count). The molecule has 1 heterocycles. The van der Waals surface area contributed by atoms with Crippen LogP contribution >= 0.6 is 0 Å². The van der Waals surface area contributed by atoms with Crippen molar-refractivity contribution in [2.75, 3.05) is 26.9 Å². The van der Waals surface area contributed by atoms with E-state index in [0.717, 1.165) is 18.1 Å². The van der Waals surface area contributed by atoms with Crippen molar-refractivity contribution in [3.63, 3.8) is 0 Å². The van der Waals surface area contributed by atoms with Crippen LogP contribution in [0.1, 0.15) is 26.3 Å². The monoisotopic (exact) mass is 294 g/mol. The summed E-state index contributed by atoms with van der Waals surface area (Å²) < 4.78 is 10.6. The second-order valence-corrected chi connectivity index (χ2v) is 4.60. The van der Waals surface area contributed by atoms with Gasteiger partial charge in [-0.15, -0.1) is 0 Å². The highest BCUT2D eigenvalue weighted by Crippen LogP contribution is 2.15. The molecule has 1 atom stereocenters. The van der Waals surface area contributed by atoms with E-state index in [0.29, 0.717) is 25.6 Å². The number of aromatic nitrogens is 1. The molecule has 0 aromatic carbocycles. The first-order chi connectivity index (χ1) is 10.2. The molecule has 0 radical (unpaired) electrons. The maximum absolute atomic E-state index is 5.51. The van der Waals surface area contributed by atoms with Crippen molar-refractivity contribution in [1.82, 2.24) is 15.6 Å². The van der Waals surface area contributed by atoms with E-state index in [4.69, 9.17) is 9.47 Å². The lowest BCUT2D eigenvalue weighted by Crippen LogP contribution is -2.43. The zero-order chi connectivity index (χ0) is 15.5. The summed E-state index contributed by atoms with van der Waals surface area (Å²) >= 11 is 0. The highest BCUT2D eigenvalue weighted by molar-refractivity contribution is 5.80. The van der Waals surface area contributed by atoms with Gasteiger partial charge in [0.25, 0.3) is 0 Å². The van der Waals surface area contributed by atoms with Crippen LogP contribution in [0, 0.1) is 0 Å². The molecule has 1 unspecified atom stereocenters. The smallest absolute Gasteiger partial charge is 0.218 e. The van der Waals surface area contributed by atoms with Crippen LogP contribution in [-0.4, -0.2) is 43.9 Å². The third-order valence-electron chi connectivity index (χ3n) is 2.68. The first kappa shape index (κ1) is 17.2. The number of ether oxygens (including phenoxy) is 2. The zero-order valence-corrected chi connectivity index (χ0v) is 13.3. The van der Waals surface area contributed by atoms with Crippen molar-refractivity contribution in [2.24, 2.45) is 4.99 Å². The summed E-state index contributed by atoms with van der Waals surface area (Å²) in [4.78, 5) is 8.80. The Morgan fingerprint density at radius 3 is 2.90 bits per heavy atom. The number of rotatable bonds is 8. The number of nitrogens with one attached hydrogen (secondary N) is 2. The Kier molecular flexibility index (Phi) is 8.19. The zero-order valence-electron chi connectivity index (χ0n) is 13.3. The lowest BCUT2D eigenvalue weighted by molar-refractivity contribution is 0.179. The number of methoxy groups -OCH3 is 1. The van der Waals surface area contributed by atoms with Crippen molar-refractivity contribution in [3.8, 4) is 5.88 Å². The van der Waals surface area contributed by atoms with Gasteiger partial charge in [-0.05, 0) is 26.8 Å². The Bertz CT molecular complexity index is 437. The minimum absolute atomic E-state index is 0.188. The maximum atomic E-state index is 5.51. The molecule has 21 heavy (non-hydrogen) atoms. The van der Waals surface area contributed by atoms with Crippen LogP contribution < -0.4 is 15.4 Å². The SMILES string of the molecule is CCNC(=NCc1cccnc1OCC)NC(C)COC. The van der Waals surface area contributed by atoms with E-state index in [1.54, 1.807) is 13.3 Å². The predicted octanol–water partition coefficient (Wildman–Crippen LogP) is 1.57. The van der Waals surface area contributed by atoms with Gasteiger partial charge in [0.15, 0.2) is 5.96 Å². The van der Waals surface area contributed by atoms with E-state index in [-0.39, 0.29) is 6.04 Å². The molecule has 0 bridgehead atoms. The van der Waals surface area contributed by atoms with E-state index >= 15 is 0 Å². The number of nitrogens with zero attached hydrogens (tertiary/aromatic N) is 2. The molecule has 1 aromatic rings. The summed E-state index contributed by atoms with van der Waals surface area (Å²) in [5, 5.41) is 6.51. The summed E-state index contributed by atoms with van der Waals surface area (Å²) in [6.45, 7) is 8.56. The molecule has 0 amide bonds. The number of guanidine groups is 1. The maximum Gasteiger partial charge on any atom is 0.218 e. The first-order valence-electron chi connectivity index (χ1n) is 7.31. The van der Waals surface area contributed by atoms with Gasteiger partial charge in [-0.2, -0.15) is 0 Å². The minimum atomic E-state index is 0.188. The number of pyridine rings is 1. The van der Waals surface area contributed by atoms with Gasteiger partial charge in [-0.3, -0.25) is 0 Å². The van der Waals surface area contributed by atoms with E-state index < -0.39 is 0 Å². The van der Waals surface area contributed by atoms with Gasteiger partial charge in [0.05, 0.1) is 19.8 Å². The summed E-state index contributed by atoms with van der Waals surface area (Å²) in [5.41, 5.74) is 0.968. The molecule has 6 heteroatoms. The molecular weight excluding hydrogens is 268 g/mol. The molecule has 0 saturated heterocycles. The molecular formula is C15H26N4O2. The van der Waals surface area contributed by atoms with Gasteiger partial charge >= 0.3 is 0 Å². The third kappa shape index (κ3) is 6.44. The van der Waals surface area contributed by atoms with Crippen LogP contribution in [0.2, 0.25) is 0 Å². The van der Waals surface area contributed by atoms with Crippen molar-refractivity contribution < 1.29 is 9.47 Å². The third-order valence-corrected chi connectivity index (χ3v) is 2.68. The van der Waals surface area contributed by atoms with Crippen molar-refractivity contribution in [2.45, 2.75) is 33.4 Å².